The van der Waals surface area contributed by atoms with Crippen LogP contribution in [0, 0.1) is 25.2 Å². The van der Waals surface area contributed by atoms with Gasteiger partial charge in [-0.25, -0.2) is 4.79 Å². The van der Waals surface area contributed by atoms with Gasteiger partial charge in [-0.2, -0.15) is 5.26 Å². The Morgan fingerprint density at radius 3 is 2.29 bits per heavy atom. The van der Waals surface area contributed by atoms with E-state index in [2.05, 4.69) is 28.8 Å². The molecule has 0 heterocycles. The van der Waals surface area contributed by atoms with Crippen molar-refractivity contribution in [1.82, 2.24) is 5.32 Å². The third kappa shape index (κ3) is 4.36. The number of carbonyl (C=O) groups excluding carboxylic acids is 1. The van der Waals surface area contributed by atoms with Crippen molar-refractivity contribution in [2.45, 2.75) is 20.4 Å². The number of carbonyl (C=O) groups is 1. The van der Waals surface area contributed by atoms with Crippen molar-refractivity contribution in [3.8, 4) is 6.07 Å². The van der Waals surface area contributed by atoms with E-state index in [9.17, 15) is 4.79 Å². The Hall–Kier alpha value is -2.80. The van der Waals surface area contributed by atoms with Crippen LogP contribution in [0.5, 0.6) is 0 Å². The number of anilines is 1. The molecule has 0 radical (unpaired) electrons. The monoisotopic (exact) mass is 279 g/mol. The third-order valence-electron chi connectivity index (χ3n) is 3.01. The van der Waals surface area contributed by atoms with Crippen molar-refractivity contribution in [2.24, 2.45) is 0 Å². The highest BCUT2D eigenvalue weighted by molar-refractivity contribution is 5.89. The maximum Gasteiger partial charge on any atom is 0.319 e. The second-order valence-electron chi connectivity index (χ2n) is 4.99. The van der Waals surface area contributed by atoms with E-state index in [1.54, 1.807) is 24.3 Å². The molecule has 0 aliphatic rings. The predicted molar refractivity (Wildman–Crippen MR) is 82.9 cm³/mol. The molecule has 4 nitrogen and oxygen atoms in total. The second kappa shape index (κ2) is 6.58. The van der Waals surface area contributed by atoms with Crippen molar-refractivity contribution in [3.63, 3.8) is 0 Å². The van der Waals surface area contributed by atoms with E-state index in [4.69, 9.17) is 5.26 Å². The molecule has 0 atom stereocenters. The van der Waals surface area contributed by atoms with E-state index in [0.29, 0.717) is 17.8 Å². The Morgan fingerprint density at radius 1 is 1.10 bits per heavy atom. The number of amides is 2. The number of aryl methyl sites for hydroxylation is 2. The molecule has 106 valence electrons. The first kappa shape index (κ1) is 14.6. The molecule has 0 aromatic heterocycles. The lowest BCUT2D eigenvalue weighted by atomic mass is 10.1. The summed E-state index contributed by atoms with van der Waals surface area (Å²) in [6.07, 6.45) is 0. The van der Waals surface area contributed by atoms with E-state index in [1.165, 1.54) is 11.1 Å². The quantitative estimate of drug-likeness (QED) is 0.903. The molecule has 21 heavy (non-hydrogen) atoms. The Bertz CT molecular complexity index is 664. The SMILES string of the molecule is Cc1cc(C)cc(CNC(=O)Nc2ccc(C#N)cc2)c1. The highest BCUT2D eigenvalue weighted by atomic mass is 16.2. The van der Waals surface area contributed by atoms with Gasteiger partial charge in [0.15, 0.2) is 0 Å². The molecule has 0 aliphatic carbocycles. The summed E-state index contributed by atoms with van der Waals surface area (Å²) in [4.78, 5) is 11.8. The summed E-state index contributed by atoms with van der Waals surface area (Å²) < 4.78 is 0. The molecule has 0 saturated carbocycles. The second-order valence-corrected chi connectivity index (χ2v) is 4.99. The van der Waals surface area contributed by atoms with E-state index in [0.717, 1.165) is 5.56 Å². The van der Waals surface area contributed by atoms with Crippen LogP contribution < -0.4 is 10.6 Å². The fourth-order valence-electron chi connectivity index (χ4n) is 2.16. The molecule has 0 unspecified atom stereocenters. The molecule has 0 bridgehead atoms. The van der Waals surface area contributed by atoms with Crippen molar-refractivity contribution >= 4 is 11.7 Å². The maximum atomic E-state index is 11.8. The molecule has 2 aromatic rings. The molecule has 0 spiro atoms. The summed E-state index contributed by atoms with van der Waals surface area (Å²) >= 11 is 0. The van der Waals surface area contributed by atoms with Crippen LogP contribution in [0.3, 0.4) is 0 Å². The topological polar surface area (TPSA) is 64.9 Å². The van der Waals surface area contributed by atoms with Crippen molar-refractivity contribution < 1.29 is 4.79 Å². The molecular weight excluding hydrogens is 262 g/mol. The van der Waals surface area contributed by atoms with Gasteiger partial charge < -0.3 is 10.6 Å². The van der Waals surface area contributed by atoms with E-state index < -0.39 is 0 Å². The molecule has 2 rings (SSSR count). The van der Waals surface area contributed by atoms with Crippen LogP contribution in [0.4, 0.5) is 10.5 Å². The number of nitrogens with zero attached hydrogens (tertiary/aromatic N) is 1. The van der Waals surface area contributed by atoms with Crippen LogP contribution in [-0.2, 0) is 6.54 Å². The fourth-order valence-corrected chi connectivity index (χ4v) is 2.16. The van der Waals surface area contributed by atoms with Gasteiger partial charge in [0.1, 0.15) is 0 Å². The molecule has 0 aliphatic heterocycles. The molecule has 4 heteroatoms. The van der Waals surface area contributed by atoms with Gasteiger partial charge in [-0.05, 0) is 43.7 Å². The highest BCUT2D eigenvalue weighted by Crippen LogP contribution is 2.10. The van der Waals surface area contributed by atoms with Crippen LogP contribution in [0.15, 0.2) is 42.5 Å². The van der Waals surface area contributed by atoms with Crippen LogP contribution in [0.25, 0.3) is 0 Å². The normalized spacial score (nSPS) is 9.76. The smallest absolute Gasteiger partial charge is 0.319 e. The van der Waals surface area contributed by atoms with Gasteiger partial charge >= 0.3 is 6.03 Å². The van der Waals surface area contributed by atoms with Crippen molar-refractivity contribution in [1.29, 1.82) is 5.26 Å². The van der Waals surface area contributed by atoms with Crippen molar-refractivity contribution in [2.75, 3.05) is 5.32 Å². The third-order valence-corrected chi connectivity index (χ3v) is 3.01. The predicted octanol–water partition coefficient (Wildman–Crippen LogP) is 3.50. The lowest BCUT2D eigenvalue weighted by Crippen LogP contribution is -2.28. The first-order valence-corrected chi connectivity index (χ1v) is 6.69. The van der Waals surface area contributed by atoms with Crippen LogP contribution in [0.1, 0.15) is 22.3 Å². The van der Waals surface area contributed by atoms with Gasteiger partial charge in [0.2, 0.25) is 0 Å². The molecule has 2 aromatic carbocycles. The summed E-state index contributed by atoms with van der Waals surface area (Å²) in [7, 11) is 0. The minimum Gasteiger partial charge on any atom is -0.334 e. The Labute approximate surface area is 124 Å². The van der Waals surface area contributed by atoms with Gasteiger partial charge in [-0.15, -0.1) is 0 Å². The number of urea groups is 1. The summed E-state index contributed by atoms with van der Waals surface area (Å²) in [5.74, 6) is 0. The first-order chi connectivity index (χ1) is 10.1. The average Bonchev–Trinajstić information content (AvgIpc) is 2.45. The minimum absolute atomic E-state index is 0.265. The number of hydrogen-bond acceptors (Lipinski definition) is 2. The van der Waals surface area contributed by atoms with Crippen LogP contribution in [0.2, 0.25) is 0 Å². The Morgan fingerprint density at radius 2 is 1.71 bits per heavy atom. The van der Waals surface area contributed by atoms with Gasteiger partial charge in [0, 0.05) is 12.2 Å². The Kier molecular flexibility index (Phi) is 4.57. The number of nitriles is 1. The summed E-state index contributed by atoms with van der Waals surface area (Å²) in [6.45, 7) is 4.55. The first-order valence-electron chi connectivity index (χ1n) is 6.69. The summed E-state index contributed by atoms with van der Waals surface area (Å²) in [6, 6.07) is 14.7. The molecule has 2 amide bonds. The molecular formula is C17H17N3O. The fraction of sp³-hybridized carbons (Fsp3) is 0.176. The zero-order chi connectivity index (χ0) is 15.2. The number of benzene rings is 2. The van der Waals surface area contributed by atoms with Gasteiger partial charge in [0.05, 0.1) is 11.6 Å². The molecule has 0 saturated heterocycles. The lowest BCUT2D eigenvalue weighted by molar-refractivity contribution is 0.251. The zero-order valence-corrected chi connectivity index (χ0v) is 12.1. The number of rotatable bonds is 3. The maximum absolute atomic E-state index is 11.8. The Balaban J connectivity index is 1.91. The van der Waals surface area contributed by atoms with Gasteiger partial charge in [-0.3, -0.25) is 0 Å². The standard InChI is InChI=1S/C17H17N3O/c1-12-7-13(2)9-15(8-12)11-19-17(21)20-16-5-3-14(10-18)4-6-16/h3-9H,11H2,1-2H3,(H2,19,20,21). The molecule has 0 fully saturated rings. The average molecular weight is 279 g/mol. The van der Waals surface area contributed by atoms with E-state index >= 15 is 0 Å². The summed E-state index contributed by atoms with van der Waals surface area (Å²) in [5.41, 5.74) is 4.66. The largest absolute Gasteiger partial charge is 0.334 e. The van der Waals surface area contributed by atoms with Gasteiger partial charge in [0.25, 0.3) is 0 Å². The van der Waals surface area contributed by atoms with Crippen LogP contribution >= 0.6 is 0 Å². The van der Waals surface area contributed by atoms with Crippen molar-refractivity contribution in [3.05, 3.63) is 64.7 Å². The zero-order valence-electron chi connectivity index (χ0n) is 12.1. The van der Waals surface area contributed by atoms with E-state index in [-0.39, 0.29) is 6.03 Å². The summed E-state index contributed by atoms with van der Waals surface area (Å²) in [5, 5.41) is 14.3. The highest BCUT2D eigenvalue weighted by Gasteiger charge is 2.02. The van der Waals surface area contributed by atoms with E-state index in [1.807, 2.05) is 19.9 Å². The number of nitrogens with one attached hydrogen (secondary N) is 2. The van der Waals surface area contributed by atoms with Crippen LogP contribution in [-0.4, -0.2) is 6.03 Å². The number of hydrogen-bond donors (Lipinski definition) is 2. The van der Waals surface area contributed by atoms with Gasteiger partial charge in [-0.1, -0.05) is 29.3 Å². The molecule has 2 N–H and O–H groups in total. The minimum atomic E-state index is -0.265. The lowest BCUT2D eigenvalue weighted by Gasteiger charge is -2.09.